The fourth-order valence-corrected chi connectivity index (χ4v) is 2.93. The Balaban J connectivity index is 1.84. The van der Waals surface area contributed by atoms with Crippen LogP contribution in [0.4, 0.5) is 0 Å². The number of carbonyl (C=O) groups excluding carboxylic acids is 1. The van der Waals surface area contributed by atoms with Crippen molar-refractivity contribution in [1.29, 1.82) is 0 Å². The maximum atomic E-state index is 12.9. The van der Waals surface area contributed by atoms with Gasteiger partial charge in [-0.15, -0.1) is 0 Å². The average molecular weight is 310 g/mol. The van der Waals surface area contributed by atoms with Crippen LogP contribution in [0.1, 0.15) is 37.1 Å². The van der Waals surface area contributed by atoms with Gasteiger partial charge in [-0.25, -0.2) is 0 Å². The summed E-state index contributed by atoms with van der Waals surface area (Å²) in [5.41, 5.74) is 2.01. The fraction of sp³-hybridized carbons (Fsp3) is 0.368. The van der Waals surface area contributed by atoms with Gasteiger partial charge in [0.15, 0.2) is 0 Å². The van der Waals surface area contributed by atoms with Gasteiger partial charge in [0.2, 0.25) is 0 Å². The zero-order chi connectivity index (χ0) is 16.1. The van der Waals surface area contributed by atoms with Crippen LogP contribution in [0, 0.1) is 0 Å². The van der Waals surface area contributed by atoms with E-state index in [2.05, 4.69) is 4.98 Å². The lowest BCUT2D eigenvalue weighted by Crippen LogP contribution is -2.40. The zero-order valence-electron chi connectivity index (χ0n) is 13.4. The monoisotopic (exact) mass is 310 g/mol. The molecule has 0 saturated carbocycles. The summed E-state index contributed by atoms with van der Waals surface area (Å²) < 4.78 is 5.61. The van der Waals surface area contributed by atoms with Crippen molar-refractivity contribution in [2.24, 2.45) is 0 Å². The Bertz CT molecular complexity index is 624. The van der Waals surface area contributed by atoms with E-state index in [-0.39, 0.29) is 18.1 Å². The Kier molecular flexibility index (Phi) is 5.03. The number of hydrogen-bond acceptors (Lipinski definition) is 3. The van der Waals surface area contributed by atoms with Gasteiger partial charge in [0.25, 0.3) is 5.91 Å². The standard InChI is InChI=1S/C19H22N2O2/c1-15(17-10-5-6-12-20-17)21(14-16-8-3-2-4-9-16)19(22)18-11-7-13-23-18/h2-6,8-10,12,15,18H,7,11,13-14H2,1H3/t15-,18-/m0/s1. The van der Waals surface area contributed by atoms with Gasteiger partial charge in [-0.3, -0.25) is 9.78 Å². The summed E-state index contributed by atoms with van der Waals surface area (Å²) in [6.45, 7) is 3.27. The molecule has 0 bridgehead atoms. The first-order valence-electron chi connectivity index (χ1n) is 8.12. The van der Waals surface area contributed by atoms with Crippen LogP contribution in [0.15, 0.2) is 54.7 Å². The second kappa shape index (κ2) is 7.38. The molecule has 2 atom stereocenters. The number of carbonyl (C=O) groups is 1. The van der Waals surface area contributed by atoms with Crippen LogP contribution in [-0.2, 0) is 16.1 Å². The maximum absolute atomic E-state index is 12.9. The number of pyridine rings is 1. The van der Waals surface area contributed by atoms with Gasteiger partial charge in [0.1, 0.15) is 6.10 Å². The Morgan fingerprint density at radius 1 is 1.26 bits per heavy atom. The van der Waals surface area contributed by atoms with Gasteiger partial charge >= 0.3 is 0 Å². The SMILES string of the molecule is C[C@@H](c1ccccn1)N(Cc1ccccc1)C(=O)[C@@H]1CCCO1. The van der Waals surface area contributed by atoms with E-state index in [1.165, 1.54) is 0 Å². The predicted octanol–water partition coefficient (Wildman–Crippen LogP) is 3.35. The molecule has 0 unspecified atom stereocenters. The molecule has 0 aliphatic carbocycles. The molecule has 4 nitrogen and oxygen atoms in total. The quantitative estimate of drug-likeness (QED) is 0.850. The minimum Gasteiger partial charge on any atom is -0.368 e. The van der Waals surface area contributed by atoms with Gasteiger partial charge < -0.3 is 9.64 Å². The largest absolute Gasteiger partial charge is 0.368 e. The van der Waals surface area contributed by atoms with Gasteiger partial charge in [-0.2, -0.15) is 0 Å². The minimum atomic E-state index is -0.315. The van der Waals surface area contributed by atoms with Crippen LogP contribution >= 0.6 is 0 Å². The molecule has 1 saturated heterocycles. The van der Waals surface area contributed by atoms with E-state index in [1.54, 1.807) is 6.20 Å². The molecule has 2 heterocycles. The van der Waals surface area contributed by atoms with E-state index in [4.69, 9.17) is 4.74 Å². The summed E-state index contributed by atoms with van der Waals surface area (Å²) in [6.07, 6.45) is 3.21. The second-order valence-electron chi connectivity index (χ2n) is 5.88. The summed E-state index contributed by atoms with van der Waals surface area (Å²) in [5, 5.41) is 0. The highest BCUT2D eigenvalue weighted by atomic mass is 16.5. The molecule has 1 aromatic heterocycles. The second-order valence-corrected chi connectivity index (χ2v) is 5.88. The first kappa shape index (κ1) is 15.7. The van der Waals surface area contributed by atoms with Crippen LogP contribution in [0.5, 0.6) is 0 Å². The molecule has 120 valence electrons. The first-order chi connectivity index (χ1) is 11.3. The number of nitrogens with zero attached hydrogens (tertiary/aromatic N) is 2. The topological polar surface area (TPSA) is 42.4 Å². The summed E-state index contributed by atoms with van der Waals surface area (Å²) in [7, 11) is 0. The van der Waals surface area contributed by atoms with Gasteiger partial charge in [0, 0.05) is 19.3 Å². The minimum absolute atomic E-state index is 0.0597. The molecule has 23 heavy (non-hydrogen) atoms. The van der Waals surface area contributed by atoms with E-state index in [9.17, 15) is 4.79 Å². The lowest BCUT2D eigenvalue weighted by molar-refractivity contribution is -0.144. The number of amides is 1. The van der Waals surface area contributed by atoms with E-state index in [0.717, 1.165) is 24.1 Å². The predicted molar refractivity (Wildman–Crippen MR) is 88.6 cm³/mol. The van der Waals surface area contributed by atoms with Crippen molar-refractivity contribution >= 4 is 5.91 Å². The van der Waals surface area contributed by atoms with E-state index in [1.807, 2.05) is 60.4 Å². The van der Waals surface area contributed by atoms with Crippen molar-refractivity contribution in [3.05, 3.63) is 66.0 Å². The number of rotatable bonds is 5. The van der Waals surface area contributed by atoms with Crippen molar-refractivity contribution < 1.29 is 9.53 Å². The molecule has 0 spiro atoms. The molecule has 1 fully saturated rings. The van der Waals surface area contributed by atoms with Crippen LogP contribution in [0.25, 0.3) is 0 Å². The molecule has 3 rings (SSSR count). The highest BCUT2D eigenvalue weighted by Crippen LogP contribution is 2.25. The molecular formula is C19H22N2O2. The fourth-order valence-electron chi connectivity index (χ4n) is 2.93. The highest BCUT2D eigenvalue weighted by molar-refractivity contribution is 5.81. The number of benzene rings is 1. The number of ether oxygens (including phenoxy) is 1. The average Bonchev–Trinajstić information content (AvgIpc) is 3.15. The van der Waals surface area contributed by atoms with Crippen molar-refractivity contribution in [2.75, 3.05) is 6.61 Å². The van der Waals surface area contributed by atoms with E-state index < -0.39 is 0 Å². The lowest BCUT2D eigenvalue weighted by Gasteiger charge is -2.31. The van der Waals surface area contributed by atoms with Crippen LogP contribution in [0.2, 0.25) is 0 Å². The Labute approximate surface area is 137 Å². The van der Waals surface area contributed by atoms with Crippen LogP contribution in [0.3, 0.4) is 0 Å². The smallest absolute Gasteiger partial charge is 0.252 e. The third-order valence-electron chi connectivity index (χ3n) is 4.27. The number of hydrogen-bond donors (Lipinski definition) is 0. The van der Waals surface area contributed by atoms with Gasteiger partial charge in [0.05, 0.1) is 11.7 Å². The summed E-state index contributed by atoms with van der Waals surface area (Å²) in [5.74, 6) is 0.0597. The van der Waals surface area contributed by atoms with Crippen LogP contribution in [-0.4, -0.2) is 28.5 Å². The molecule has 0 radical (unpaired) electrons. The molecule has 0 N–H and O–H groups in total. The zero-order valence-corrected chi connectivity index (χ0v) is 13.4. The normalized spacial score (nSPS) is 18.6. The molecule has 4 heteroatoms. The summed E-state index contributed by atoms with van der Waals surface area (Å²) in [4.78, 5) is 19.2. The molecule has 1 aromatic carbocycles. The van der Waals surface area contributed by atoms with E-state index >= 15 is 0 Å². The first-order valence-corrected chi connectivity index (χ1v) is 8.12. The molecule has 2 aromatic rings. The summed E-state index contributed by atoms with van der Waals surface area (Å²) >= 11 is 0. The van der Waals surface area contributed by atoms with Crippen molar-refractivity contribution in [1.82, 2.24) is 9.88 Å². The van der Waals surface area contributed by atoms with Crippen LogP contribution < -0.4 is 0 Å². The molecule has 1 aliphatic rings. The lowest BCUT2D eigenvalue weighted by atomic mass is 10.1. The Morgan fingerprint density at radius 3 is 2.70 bits per heavy atom. The van der Waals surface area contributed by atoms with Crippen molar-refractivity contribution in [2.45, 2.75) is 38.5 Å². The van der Waals surface area contributed by atoms with E-state index in [0.29, 0.717) is 13.2 Å². The van der Waals surface area contributed by atoms with Gasteiger partial charge in [-0.05, 0) is 37.5 Å². The Hall–Kier alpha value is -2.20. The molecular weight excluding hydrogens is 288 g/mol. The Morgan fingerprint density at radius 2 is 2.04 bits per heavy atom. The highest BCUT2D eigenvalue weighted by Gasteiger charge is 2.31. The molecule has 1 amide bonds. The maximum Gasteiger partial charge on any atom is 0.252 e. The van der Waals surface area contributed by atoms with Gasteiger partial charge in [-0.1, -0.05) is 36.4 Å². The van der Waals surface area contributed by atoms with Crippen molar-refractivity contribution in [3.8, 4) is 0 Å². The summed E-state index contributed by atoms with van der Waals surface area (Å²) in [6, 6.07) is 15.8. The third kappa shape index (κ3) is 3.77. The third-order valence-corrected chi connectivity index (χ3v) is 4.27. The number of aromatic nitrogens is 1. The van der Waals surface area contributed by atoms with Crippen molar-refractivity contribution in [3.63, 3.8) is 0 Å². The molecule has 1 aliphatic heterocycles.